The first-order valence-corrected chi connectivity index (χ1v) is 8.61. The summed E-state index contributed by atoms with van der Waals surface area (Å²) in [5.41, 5.74) is 2.95. The third-order valence-corrected chi connectivity index (χ3v) is 4.17. The van der Waals surface area contributed by atoms with E-state index in [-0.39, 0.29) is 26.6 Å². The maximum absolute atomic E-state index is 13.7. The quantitative estimate of drug-likeness (QED) is 0.624. The minimum Gasteiger partial charge on any atom is -0.467 e. The zero-order valence-corrected chi connectivity index (χ0v) is 15.1. The second-order valence-corrected chi connectivity index (χ2v) is 6.33. The molecular weight excluding hydrogens is 367 g/mol. The Hall–Kier alpha value is -3.33. The van der Waals surface area contributed by atoms with Gasteiger partial charge in [0.2, 0.25) is 5.82 Å². The van der Waals surface area contributed by atoms with Crippen LogP contribution < -0.4 is 4.74 Å². The van der Waals surface area contributed by atoms with Crippen LogP contribution in [0.3, 0.4) is 0 Å². The van der Waals surface area contributed by atoms with E-state index >= 15 is 0 Å². The van der Waals surface area contributed by atoms with E-state index in [2.05, 4.69) is 15.4 Å². The van der Waals surface area contributed by atoms with Gasteiger partial charge in [-0.1, -0.05) is 29.8 Å². The van der Waals surface area contributed by atoms with Gasteiger partial charge in [0, 0.05) is 16.7 Å². The molecule has 0 fully saturated rings. The van der Waals surface area contributed by atoms with Crippen molar-refractivity contribution in [2.24, 2.45) is 0 Å². The minimum absolute atomic E-state index is 0.0737. The Morgan fingerprint density at radius 3 is 2.93 bits per heavy atom. The summed E-state index contributed by atoms with van der Waals surface area (Å²) in [6.45, 7) is 1.97. The highest BCUT2D eigenvalue weighted by molar-refractivity contribution is 5.69. The number of fused-ring (bicyclic) bond motifs is 1. The number of nitrogens with zero attached hydrogens (tertiary/aromatic N) is 4. The van der Waals surface area contributed by atoms with Crippen LogP contribution in [0.25, 0.3) is 11.4 Å². The van der Waals surface area contributed by atoms with Crippen molar-refractivity contribution in [3.05, 3.63) is 58.9 Å². The summed E-state index contributed by atoms with van der Waals surface area (Å²) >= 11 is 0. The summed E-state index contributed by atoms with van der Waals surface area (Å²) < 4.78 is 29.5. The number of benzene rings is 2. The summed E-state index contributed by atoms with van der Waals surface area (Å²) in [6, 6.07) is 10.3. The molecule has 0 saturated heterocycles. The molecule has 0 unspecified atom stereocenters. The predicted molar refractivity (Wildman–Crippen MR) is 94.5 cm³/mol. The van der Waals surface area contributed by atoms with Gasteiger partial charge in [-0.05, 0) is 24.3 Å². The van der Waals surface area contributed by atoms with E-state index in [0.29, 0.717) is 22.7 Å². The number of halogens is 1. The van der Waals surface area contributed by atoms with Gasteiger partial charge in [0.1, 0.15) is 18.2 Å². The van der Waals surface area contributed by atoms with Crippen molar-refractivity contribution in [2.45, 2.75) is 26.7 Å². The minimum atomic E-state index is -0.571. The molecule has 2 aromatic carbocycles. The summed E-state index contributed by atoms with van der Waals surface area (Å²) in [6.07, 6.45) is 0. The second kappa shape index (κ2) is 7.73. The van der Waals surface area contributed by atoms with Crippen LogP contribution in [0.4, 0.5) is 4.39 Å². The van der Waals surface area contributed by atoms with E-state index in [4.69, 9.17) is 14.2 Å². The molecule has 3 aromatic rings. The van der Waals surface area contributed by atoms with Gasteiger partial charge in [-0.25, -0.2) is 9.18 Å². The number of carbonyl (C=O) groups excluding carboxylic acids is 1. The van der Waals surface area contributed by atoms with Gasteiger partial charge in [0.25, 0.3) is 0 Å². The molecule has 1 aliphatic heterocycles. The van der Waals surface area contributed by atoms with Gasteiger partial charge < -0.3 is 14.2 Å². The van der Waals surface area contributed by atoms with Crippen LogP contribution in [0, 0.1) is 12.7 Å². The Balaban J connectivity index is 1.39. The summed E-state index contributed by atoms with van der Waals surface area (Å²) in [5.74, 6) is -0.112. The molecule has 144 valence electrons. The number of carbonyl (C=O) groups is 1. The topological polar surface area (TPSA) is 88.4 Å². The number of hydrogen-bond acceptors (Lipinski definition) is 7. The maximum Gasteiger partial charge on any atom is 0.330 e. The molecule has 0 amide bonds. The lowest BCUT2D eigenvalue weighted by Gasteiger charge is -2.20. The molecule has 0 spiro atoms. The van der Waals surface area contributed by atoms with Crippen molar-refractivity contribution in [3.63, 3.8) is 0 Å². The van der Waals surface area contributed by atoms with Crippen LogP contribution in [0.15, 0.2) is 36.4 Å². The largest absolute Gasteiger partial charge is 0.467 e. The highest BCUT2D eigenvalue weighted by atomic mass is 19.1. The first-order chi connectivity index (χ1) is 13.6. The number of ether oxygens (including phenoxy) is 3. The fourth-order valence-corrected chi connectivity index (χ4v) is 2.81. The van der Waals surface area contributed by atoms with E-state index in [1.807, 2.05) is 31.2 Å². The zero-order chi connectivity index (χ0) is 19.5. The molecule has 28 heavy (non-hydrogen) atoms. The lowest BCUT2D eigenvalue weighted by molar-refractivity contribution is -0.146. The van der Waals surface area contributed by atoms with Crippen LogP contribution in [-0.4, -0.2) is 33.0 Å². The Labute approximate surface area is 159 Å². The fraction of sp³-hybridized carbons (Fsp3) is 0.263. The van der Waals surface area contributed by atoms with Crippen LogP contribution in [-0.2, 0) is 34.0 Å². The molecular formula is C19H17FN4O4. The van der Waals surface area contributed by atoms with E-state index in [1.165, 1.54) is 12.1 Å². The van der Waals surface area contributed by atoms with Crippen molar-refractivity contribution in [2.75, 3.05) is 6.79 Å². The van der Waals surface area contributed by atoms with Gasteiger partial charge in [0.05, 0.1) is 6.61 Å². The maximum atomic E-state index is 13.7. The van der Waals surface area contributed by atoms with Crippen LogP contribution in [0.5, 0.6) is 5.75 Å². The summed E-state index contributed by atoms with van der Waals surface area (Å²) in [5, 5.41) is 12.0. The summed E-state index contributed by atoms with van der Waals surface area (Å²) in [7, 11) is 0. The van der Waals surface area contributed by atoms with Crippen molar-refractivity contribution in [3.8, 4) is 17.1 Å². The van der Waals surface area contributed by atoms with Crippen molar-refractivity contribution in [1.82, 2.24) is 20.2 Å². The van der Waals surface area contributed by atoms with Crippen molar-refractivity contribution >= 4 is 5.97 Å². The first kappa shape index (κ1) is 18.1. The van der Waals surface area contributed by atoms with Gasteiger partial charge >= 0.3 is 5.97 Å². The monoisotopic (exact) mass is 384 g/mol. The Morgan fingerprint density at radius 2 is 2.11 bits per heavy atom. The van der Waals surface area contributed by atoms with Crippen molar-refractivity contribution < 1.29 is 23.4 Å². The van der Waals surface area contributed by atoms with Crippen LogP contribution in [0.1, 0.15) is 16.7 Å². The number of aromatic nitrogens is 4. The van der Waals surface area contributed by atoms with E-state index in [0.717, 1.165) is 15.9 Å². The predicted octanol–water partition coefficient (Wildman–Crippen LogP) is 2.40. The third-order valence-electron chi connectivity index (χ3n) is 4.17. The standard InChI is InChI=1S/C19H17FN4O4/c1-12-2-4-13(5-3-12)19-21-23-24(22-19)8-17(25)27-10-15-7-16(20)6-14-9-26-11-28-18(14)15/h2-7H,8-11H2,1H3. The molecule has 2 heterocycles. The molecule has 0 atom stereocenters. The van der Waals surface area contributed by atoms with Gasteiger partial charge in [-0.3, -0.25) is 0 Å². The van der Waals surface area contributed by atoms with E-state index in [1.54, 1.807) is 0 Å². The molecule has 9 heteroatoms. The molecule has 1 aliphatic rings. The average molecular weight is 384 g/mol. The van der Waals surface area contributed by atoms with Crippen LogP contribution in [0.2, 0.25) is 0 Å². The molecule has 0 bridgehead atoms. The Kier molecular flexibility index (Phi) is 4.98. The molecule has 1 aromatic heterocycles. The average Bonchev–Trinajstić information content (AvgIpc) is 3.15. The summed E-state index contributed by atoms with van der Waals surface area (Å²) in [4.78, 5) is 13.3. The lowest BCUT2D eigenvalue weighted by atomic mass is 10.1. The molecule has 4 rings (SSSR count). The fourth-order valence-electron chi connectivity index (χ4n) is 2.81. The third kappa shape index (κ3) is 3.99. The molecule has 0 saturated carbocycles. The molecule has 0 radical (unpaired) electrons. The Morgan fingerprint density at radius 1 is 1.29 bits per heavy atom. The molecule has 0 N–H and O–H groups in total. The van der Waals surface area contributed by atoms with Gasteiger partial charge in [0.15, 0.2) is 13.3 Å². The highest BCUT2D eigenvalue weighted by Crippen LogP contribution is 2.30. The normalized spacial score (nSPS) is 12.9. The Bertz CT molecular complexity index is 1000. The van der Waals surface area contributed by atoms with Crippen molar-refractivity contribution in [1.29, 1.82) is 0 Å². The van der Waals surface area contributed by atoms with Crippen LogP contribution >= 0.6 is 0 Å². The molecule has 8 nitrogen and oxygen atoms in total. The number of tetrazole rings is 1. The second-order valence-electron chi connectivity index (χ2n) is 6.33. The smallest absolute Gasteiger partial charge is 0.330 e. The number of esters is 1. The van der Waals surface area contributed by atoms with Gasteiger partial charge in [-0.15, -0.1) is 10.2 Å². The number of rotatable bonds is 5. The highest BCUT2D eigenvalue weighted by Gasteiger charge is 2.18. The van der Waals surface area contributed by atoms with E-state index < -0.39 is 11.8 Å². The lowest BCUT2D eigenvalue weighted by Crippen LogP contribution is -2.17. The van der Waals surface area contributed by atoms with E-state index in [9.17, 15) is 9.18 Å². The number of hydrogen-bond donors (Lipinski definition) is 0. The number of aryl methyl sites for hydroxylation is 1. The SMILES string of the molecule is Cc1ccc(-c2nnn(CC(=O)OCc3cc(F)cc4c3OCOC4)n2)cc1. The zero-order valence-electron chi connectivity index (χ0n) is 15.1. The molecule has 0 aliphatic carbocycles. The van der Waals surface area contributed by atoms with Gasteiger partial charge in [-0.2, -0.15) is 4.80 Å². The first-order valence-electron chi connectivity index (χ1n) is 8.61.